The quantitative estimate of drug-likeness (QED) is 0.470. The molecule has 8 nitrogen and oxygen atoms in total. The number of H-pyrrole nitrogens is 1. The van der Waals surface area contributed by atoms with Crippen molar-refractivity contribution in [3.8, 4) is 11.5 Å². The Labute approximate surface area is 192 Å². The Morgan fingerprint density at radius 2 is 2.06 bits per heavy atom. The number of pyridine rings is 1. The largest absolute Gasteiger partial charge is 0.493 e. The second-order valence-corrected chi connectivity index (χ2v) is 8.40. The SMILES string of the molecule is COc1ccccc1OCCc1cc(C2CCN(C(=O)c3cn4ccc(C)cc4n3)C2)n[nH]1. The Hall–Kier alpha value is -3.81. The summed E-state index contributed by atoms with van der Waals surface area (Å²) < 4.78 is 13.1. The predicted molar refractivity (Wildman–Crippen MR) is 124 cm³/mol. The number of hydrogen-bond acceptors (Lipinski definition) is 5. The van der Waals surface area contributed by atoms with Crippen molar-refractivity contribution >= 4 is 11.6 Å². The predicted octanol–water partition coefficient (Wildman–Crippen LogP) is 3.63. The lowest BCUT2D eigenvalue weighted by molar-refractivity contribution is 0.0785. The van der Waals surface area contributed by atoms with Gasteiger partial charge in [0.25, 0.3) is 5.91 Å². The number of likely N-dealkylation sites (tertiary alicyclic amines) is 1. The third-order valence-corrected chi connectivity index (χ3v) is 6.08. The molecular formula is C25H27N5O3. The molecule has 1 saturated heterocycles. The normalized spacial score (nSPS) is 15.8. The summed E-state index contributed by atoms with van der Waals surface area (Å²) in [5.41, 5.74) is 4.40. The van der Waals surface area contributed by atoms with Crippen LogP contribution >= 0.6 is 0 Å². The Bertz CT molecular complexity index is 1280. The molecule has 1 aromatic carbocycles. The number of carbonyl (C=O) groups excluding carboxylic acids is 1. The summed E-state index contributed by atoms with van der Waals surface area (Å²) in [4.78, 5) is 19.4. The van der Waals surface area contributed by atoms with E-state index in [9.17, 15) is 4.79 Å². The fraction of sp³-hybridized carbons (Fsp3) is 0.320. The Morgan fingerprint density at radius 3 is 2.91 bits per heavy atom. The van der Waals surface area contributed by atoms with Crippen molar-refractivity contribution in [3.63, 3.8) is 0 Å². The summed E-state index contributed by atoms with van der Waals surface area (Å²) in [7, 11) is 1.63. The van der Waals surface area contributed by atoms with Crippen molar-refractivity contribution in [1.82, 2.24) is 24.5 Å². The average molecular weight is 446 g/mol. The van der Waals surface area contributed by atoms with Crippen LogP contribution in [0, 0.1) is 6.92 Å². The van der Waals surface area contributed by atoms with Gasteiger partial charge in [0.2, 0.25) is 0 Å². The first-order chi connectivity index (χ1) is 16.1. The van der Waals surface area contributed by atoms with Gasteiger partial charge in [-0.3, -0.25) is 9.89 Å². The summed E-state index contributed by atoms with van der Waals surface area (Å²) in [6.07, 6.45) is 5.34. The van der Waals surface area contributed by atoms with Crippen molar-refractivity contribution < 1.29 is 14.3 Å². The molecule has 0 aliphatic carbocycles. The van der Waals surface area contributed by atoms with Gasteiger partial charge in [0.1, 0.15) is 11.3 Å². The molecule has 0 bridgehead atoms. The highest BCUT2D eigenvalue weighted by molar-refractivity contribution is 5.93. The van der Waals surface area contributed by atoms with Crippen molar-refractivity contribution in [1.29, 1.82) is 0 Å². The van der Waals surface area contributed by atoms with E-state index in [0.29, 0.717) is 31.8 Å². The highest BCUT2D eigenvalue weighted by Gasteiger charge is 2.30. The summed E-state index contributed by atoms with van der Waals surface area (Å²) in [5, 5.41) is 7.62. The highest BCUT2D eigenvalue weighted by atomic mass is 16.5. The van der Waals surface area contributed by atoms with Gasteiger partial charge in [-0.25, -0.2) is 4.98 Å². The van der Waals surface area contributed by atoms with E-state index < -0.39 is 0 Å². The first kappa shape index (κ1) is 21.1. The number of carbonyl (C=O) groups is 1. The lowest BCUT2D eigenvalue weighted by atomic mass is 10.0. The van der Waals surface area contributed by atoms with Gasteiger partial charge >= 0.3 is 0 Å². The maximum atomic E-state index is 13.0. The molecule has 1 aliphatic heterocycles. The van der Waals surface area contributed by atoms with E-state index in [2.05, 4.69) is 21.2 Å². The number of imidazole rings is 1. The van der Waals surface area contributed by atoms with Crippen LogP contribution in [-0.2, 0) is 6.42 Å². The van der Waals surface area contributed by atoms with Crippen LogP contribution in [0.5, 0.6) is 11.5 Å². The number of aromatic nitrogens is 4. The zero-order chi connectivity index (χ0) is 22.8. The molecule has 1 N–H and O–H groups in total. The minimum atomic E-state index is -0.0279. The van der Waals surface area contributed by atoms with Crippen LogP contribution < -0.4 is 9.47 Å². The van der Waals surface area contributed by atoms with Gasteiger partial charge in [-0.05, 0) is 49.2 Å². The molecule has 5 rings (SSSR count). The van der Waals surface area contributed by atoms with Crippen molar-refractivity contribution in [2.75, 3.05) is 26.8 Å². The molecule has 170 valence electrons. The molecule has 1 atom stereocenters. The number of para-hydroxylation sites is 2. The van der Waals surface area contributed by atoms with Gasteiger partial charge < -0.3 is 18.8 Å². The van der Waals surface area contributed by atoms with Crippen LogP contribution in [0.25, 0.3) is 5.65 Å². The van der Waals surface area contributed by atoms with Crippen LogP contribution in [0.3, 0.4) is 0 Å². The van der Waals surface area contributed by atoms with Crippen LogP contribution in [0.4, 0.5) is 0 Å². The molecular weight excluding hydrogens is 418 g/mol. The van der Waals surface area contributed by atoms with Crippen LogP contribution in [0.15, 0.2) is 54.9 Å². The number of ether oxygens (including phenoxy) is 2. The van der Waals surface area contributed by atoms with Crippen LogP contribution in [0.1, 0.15) is 39.8 Å². The Kier molecular flexibility index (Phi) is 5.73. The zero-order valence-electron chi connectivity index (χ0n) is 18.8. The zero-order valence-corrected chi connectivity index (χ0v) is 18.8. The van der Waals surface area contributed by atoms with Gasteiger partial charge in [0.15, 0.2) is 11.5 Å². The van der Waals surface area contributed by atoms with Gasteiger partial charge in [0, 0.05) is 43.5 Å². The second kappa shape index (κ2) is 8.97. The number of amides is 1. The summed E-state index contributed by atoms with van der Waals surface area (Å²) in [6.45, 7) is 3.89. The van der Waals surface area contributed by atoms with E-state index in [1.807, 2.05) is 58.8 Å². The summed E-state index contributed by atoms with van der Waals surface area (Å²) in [5.74, 6) is 1.64. The third-order valence-electron chi connectivity index (χ3n) is 6.08. The summed E-state index contributed by atoms with van der Waals surface area (Å²) >= 11 is 0. The molecule has 1 aliphatic rings. The number of nitrogens with zero attached hydrogens (tertiary/aromatic N) is 4. The Balaban J connectivity index is 1.18. The number of hydrogen-bond donors (Lipinski definition) is 1. The topological polar surface area (TPSA) is 84.8 Å². The number of fused-ring (bicyclic) bond motifs is 1. The van der Waals surface area contributed by atoms with Crippen molar-refractivity contribution in [2.45, 2.75) is 25.7 Å². The molecule has 4 aromatic rings. The first-order valence-electron chi connectivity index (χ1n) is 11.2. The van der Waals surface area contributed by atoms with Crippen molar-refractivity contribution in [3.05, 3.63) is 77.5 Å². The fourth-order valence-electron chi connectivity index (χ4n) is 4.26. The Morgan fingerprint density at radius 1 is 1.21 bits per heavy atom. The highest BCUT2D eigenvalue weighted by Crippen LogP contribution is 2.28. The maximum Gasteiger partial charge on any atom is 0.274 e. The molecule has 0 spiro atoms. The van der Waals surface area contributed by atoms with Gasteiger partial charge in [-0.2, -0.15) is 5.10 Å². The second-order valence-electron chi connectivity index (χ2n) is 8.40. The molecule has 0 saturated carbocycles. The number of aromatic amines is 1. The van der Waals surface area contributed by atoms with Gasteiger partial charge in [0.05, 0.1) is 19.4 Å². The average Bonchev–Trinajstić information content (AvgIpc) is 3.58. The van der Waals surface area contributed by atoms with E-state index >= 15 is 0 Å². The van der Waals surface area contributed by atoms with E-state index in [0.717, 1.165) is 40.5 Å². The van der Waals surface area contributed by atoms with Crippen LogP contribution in [-0.4, -0.2) is 57.2 Å². The lowest BCUT2D eigenvalue weighted by Gasteiger charge is -2.14. The number of aryl methyl sites for hydroxylation is 1. The van der Waals surface area contributed by atoms with Gasteiger partial charge in [-0.1, -0.05) is 12.1 Å². The first-order valence-corrected chi connectivity index (χ1v) is 11.2. The standard InChI is InChI=1S/C25H27N5O3/c1-17-7-10-29-16-21(26-24(29)13-17)25(31)30-11-8-18(15-30)20-14-19(27-28-20)9-12-33-23-6-4-3-5-22(23)32-2/h3-7,10,13-14,16,18H,8-9,11-12,15H2,1-2H3,(H,27,28). The van der Waals surface area contributed by atoms with Gasteiger partial charge in [-0.15, -0.1) is 0 Å². The minimum absolute atomic E-state index is 0.0279. The molecule has 0 radical (unpaired) electrons. The number of methoxy groups -OCH3 is 1. The smallest absolute Gasteiger partial charge is 0.274 e. The molecule has 33 heavy (non-hydrogen) atoms. The summed E-state index contributed by atoms with van der Waals surface area (Å²) in [6, 6.07) is 13.7. The molecule has 8 heteroatoms. The van der Waals surface area contributed by atoms with E-state index in [4.69, 9.17) is 9.47 Å². The maximum absolute atomic E-state index is 13.0. The molecule has 1 amide bonds. The van der Waals surface area contributed by atoms with E-state index in [1.165, 1.54) is 0 Å². The number of benzene rings is 1. The van der Waals surface area contributed by atoms with E-state index in [-0.39, 0.29) is 11.8 Å². The minimum Gasteiger partial charge on any atom is -0.493 e. The monoisotopic (exact) mass is 445 g/mol. The molecule has 1 unspecified atom stereocenters. The molecule has 1 fully saturated rings. The third kappa shape index (κ3) is 4.41. The molecule has 3 aromatic heterocycles. The van der Waals surface area contributed by atoms with Crippen LogP contribution in [0.2, 0.25) is 0 Å². The lowest BCUT2D eigenvalue weighted by Crippen LogP contribution is -2.28. The van der Waals surface area contributed by atoms with E-state index in [1.54, 1.807) is 13.3 Å². The molecule has 4 heterocycles. The number of nitrogens with one attached hydrogen (secondary N) is 1. The number of rotatable bonds is 7. The van der Waals surface area contributed by atoms with Crippen molar-refractivity contribution in [2.24, 2.45) is 0 Å². The fourth-order valence-corrected chi connectivity index (χ4v) is 4.26.